The molecule has 1 fully saturated rings. The van der Waals surface area contributed by atoms with Gasteiger partial charge in [-0.25, -0.2) is 9.37 Å². The number of primary amides is 1. The van der Waals surface area contributed by atoms with E-state index in [4.69, 9.17) is 22.1 Å². The highest BCUT2D eigenvalue weighted by atomic mass is 35.5. The number of rotatable bonds is 6. The first-order valence-electron chi connectivity index (χ1n) is 9.60. The summed E-state index contributed by atoms with van der Waals surface area (Å²) in [7, 11) is 1.51. The normalized spacial score (nSPS) is 15.6. The van der Waals surface area contributed by atoms with Gasteiger partial charge in [-0.2, -0.15) is 0 Å². The Morgan fingerprint density at radius 2 is 2.13 bits per heavy atom. The van der Waals surface area contributed by atoms with E-state index in [-0.39, 0.29) is 17.8 Å². The Balaban J connectivity index is 1.61. The van der Waals surface area contributed by atoms with Crippen LogP contribution in [0, 0.1) is 5.82 Å². The molecule has 0 saturated carbocycles. The van der Waals surface area contributed by atoms with E-state index in [0.717, 1.165) is 18.5 Å². The maximum absolute atomic E-state index is 15.4. The maximum atomic E-state index is 15.4. The first-order chi connectivity index (χ1) is 14.5. The molecule has 1 aliphatic heterocycles. The summed E-state index contributed by atoms with van der Waals surface area (Å²) in [6.45, 7) is 0.746. The monoisotopic (exact) mass is 425 g/mol. The largest absolute Gasteiger partial charge is 0.496 e. The zero-order chi connectivity index (χ0) is 21.3. The number of methoxy groups -OCH3 is 1. The molecule has 0 bridgehead atoms. The van der Waals surface area contributed by atoms with Gasteiger partial charge in [0.25, 0.3) is 0 Å². The number of halogens is 2. The molecule has 1 aromatic heterocycles. The average Bonchev–Trinajstić information content (AvgIpc) is 2.69. The van der Waals surface area contributed by atoms with Gasteiger partial charge in [0.15, 0.2) is 0 Å². The van der Waals surface area contributed by atoms with Gasteiger partial charge < -0.3 is 15.4 Å². The Bertz CT molecular complexity index is 1090. The summed E-state index contributed by atoms with van der Waals surface area (Å²) in [6.07, 6.45) is 2.81. The number of carbonyl (C=O) groups is 1. The van der Waals surface area contributed by atoms with E-state index in [0.29, 0.717) is 39.7 Å². The number of pyridine rings is 1. The Labute approximate surface area is 179 Å². The fraction of sp³-hybridized carbons (Fsp3) is 0.217. The van der Waals surface area contributed by atoms with E-state index in [9.17, 15) is 4.79 Å². The summed E-state index contributed by atoms with van der Waals surface area (Å²) in [5.41, 5.74) is 7.82. The minimum absolute atomic E-state index is 0.303. The Morgan fingerprint density at radius 1 is 1.30 bits per heavy atom. The predicted molar refractivity (Wildman–Crippen MR) is 115 cm³/mol. The summed E-state index contributed by atoms with van der Waals surface area (Å²) < 4.78 is 20.8. The number of nitrogens with two attached hydrogens (primary N) is 1. The van der Waals surface area contributed by atoms with Crippen molar-refractivity contribution in [2.24, 2.45) is 5.73 Å². The van der Waals surface area contributed by atoms with E-state index in [2.05, 4.69) is 4.98 Å². The molecule has 1 unspecified atom stereocenters. The number of ether oxygens (including phenoxy) is 1. The van der Waals surface area contributed by atoms with Crippen LogP contribution in [0.5, 0.6) is 5.75 Å². The van der Waals surface area contributed by atoms with Gasteiger partial charge in [-0.05, 0) is 47.4 Å². The molecule has 2 N–H and O–H groups in total. The fourth-order valence-electron chi connectivity index (χ4n) is 3.69. The van der Waals surface area contributed by atoms with Crippen molar-refractivity contribution in [3.05, 3.63) is 76.7 Å². The van der Waals surface area contributed by atoms with Crippen molar-refractivity contribution in [1.82, 2.24) is 4.98 Å². The van der Waals surface area contributed by atoms with Crippen LogP contribution in [-0.2, 0) is 11.2 Å². The van der Waals surface area contributed by atoms with Crippen molar-refractivity contribution >= 4 is 23.3 Å². The second-order valence-corrected chi connectivity index (χ2v) is 7.66. The number of aromatic nitrogens is 1. The third kappa shape index (κ3) is 3.83. The quantitative estimate of drug-likeness (QED) is 0.642. The molecule has 4 rings (SSSR count). The lowest BCUT2D eigenvalue weighted by Gasteiger charge is -2.39. The lowest BCUT2D eigenvalue weighted by atomic mass is 9.97. The van der Waals surface area contributed by atoms with Crippen molar-refractivity contribution in [1.29, 1.82) is 0 Å². The smallest absolute Gasteiger partial charge is 0.240 e. The molecule has 2 aromatic carbocycles. The third-order valence-electron chi connectivity index (χ3n) is 5.36. The maximum Gasteiger partial charge on any atom is 0.240 e. The number of hydrogen-bond acceptors (Lipinski definition) is 4. The van der Waals surface area contributed by atoms with Crippen molar-refractivity contribution in [2.75, 3.05) is 18.6 Å². The van der Waals surface area contributed by atoms with Crippen molar-refractivity contribution in [2.45, 2.75) is 18.9 Å². The van der Waals surface area contributed by atoms with E-state index in [1.807, 2.05) is 17.0 Å². The minimum atomic E-state index is -0.350. The second kappa shape index (κ2) is 8.32. The second-order valence-electron chi connectivity index (χ2n) is 7.23. The van der Waals surface area contributed by atoms with Gasteiger partial charge in [0.1, 0.15) is 23.4 Å². The van der Waals surface area contributed by atoms with Crippen LogP contribution in [-0.4, -0.2) is 30.6 Å². The van der Waals surface area contributed by atoms with Gasteiger partial charge in [0, 0.05) is 24.2 Å². The highest BCUT2D eigenvalue weighted by Crippen LogP contribution is 2.36. The van der Waals surface area contributed by atoms with E-state index < -0.39 is 0 Å². The molecule has 0 aliphatic carbocycles. The summed E-state index contributed by atoms with van der Waals surface area (Å²) >= 11 is 6.09. The summed E-state index contributed by atoms with van der Waals surface area (Å²) in [6, 6.07) is 13.9. The van der Waals surface area contributed by atoms with Crippen LogP contribution in [0.15, 0.2) is 54.7 Å². The Morgan fingerprint density at radius 3 is 2.73 bits per heavy atom. The molecule has 30 heavy (non-hydrogen) atoms. The molecule has 0 spiro atoms. The van der Waals surface area contributed by atoms with Gasteiger partial charge in [-0.15, -0.1) is 0 Å². The molecule has 1 aliphatic rings. The average molecular weight is 426 g/mol. The number of anilines is 1. The zero-order valence-corrected chi connectivity index (χ0v) is 17.2. The Hall–Kier alpha value is -3.12. The third-order valence-corrected chi connectivity index (χ3v) is 5.60. The summed E-state index contributed by atoms with van der Waals surface area (Å²) in [5, 5.41) is 0.527. The number of amides is 1. The number of nitrogens with zero attached hydrogens (tertiary/aromatic N) is 2. The first kappa shape index (κ1) is 20.2. The van der Waals surface area contributed by atoms with Gasteiger partial charge in [-0.3, -0.25) is 4.79 Å². The molecule has 7 heteroatoms. The minimum Gasteiger partial charge on any atom is -0.496 e. The molecular formula is C23H21ClFN3O2. The predicted octanol–water partition coefficient (Wildman–Crippen LogP) is 4.20. The van der Waals surface area contributed by atoms with Gasteiger partial charge in [0.2, 0.25) is 5.91 Å². The van der Waals surface area contributed by atoms with Gasteiger partial charge in [-0.1, -0.05) is 35.9 Å². The van der Waals surface area contributed by atoms with Crippen LogP contribution in [0.2, 0.25) is 5.02 Å². The molecule has 1 amide bonds. The molecule has 154 valence electrons. The fourth-order valence-corrected chi connectivity index (χ4v) is 3.88. The van der Waals surface area contributed by atoms with E-state index in [1.54, 1.807) is 42.6 Å². The van der Waals surface area contributed by atoms with Crippen molar-refractivity contribution in [3.8, 4) is 16.9 Å². The topological polar surface area (TPSA) is 68.5 Å². The first-order valence-corrected chi connectivity index (χ1v) is 9.98. The van der Waals surface area contributed by atoms with Gasteiger partial charge in [0.05, 0.1) is 12.7 Å². The van der Waals surface area contributed by atoms with Crippen LogP contribution in [0.1, 0.15) is 17.5 Å². The van der Waals surface area contributed by atoms with Crippen LogP contribution >= 0.6 is 11.6 Å². The molecular weight excluding hydrogens is 405 g/mol. The van der Waals surface area contributed by atoms with Gasteiger partial charge >= 0.3 is 0 Å². The van der Waals surface area contributed by atoms with Crippen molar-refractivity contribution in [3.63, 3.8) is 0 Å². The Kier molecular flexibility index (Phi) is 5.59. The highest BCUT2D eigenvalue weighted by molar-refractivity contribution is 6.30. The summed E-state index contributed by atoms with van der Waals surface area (Å²) in [4.78, 5) is 17.7. The molecule has 5 nitrogen and oxygen atoms in total. The summed E-state index contributed by atoms with van der Waals surface area (Å²) in [5.74, 6) is 0.448. The molecule has 3 aromatic rings. The number of carbonyl (C=O) groups excluding carboxylic acids is 1. The lowest BCUT2D eigenvalue weighted by molar-refractivity contribution is -0.120. The van der Waals surface area contributed by atoms with Crippen LogP contribution in [0.25, 0.3) is 11.1 Å². The van der Waals surface area contributed by atoms with Crippen LogP contribution in [0.4, 0.5) is 10.2 Å². The molecule has 0 radical (unpaired) electrons. The van der Waals surface area contributed by atoms with Crippen LogP contribution < -0.4 is 15.4 Å². The SMILES string of the molecule is COc1ccc(Cc2ccc(N3CCC3C(N)=O)nc2)c(F)c1-c1cccc(Cl)c1. The van der Waals surface area contributed by atoms with Crippen LogP contribution in [0.3, 0.4) is 0 Å². The number of hydrogen-bond donors (Lipinski definition) is 1. The van der Waals surface area contributed by atoms with E-state index >= 15 is 4.39 Å². The van der Waals surface area contributed by atoms with E-state index in [1.165, 1.54) is 7.11 Å². The number of benzene rings is 2. The lowest BCUT2D eigenvalue weighted by Crippen LogP contribution is -2.55. The zero-order valence-electron chi connectivity index (χ0n) is 16.4. The molecule has 2 heterocycles. The van der Waals surface area contributed by atoms with Crippen molar-refractivity contribution < 1.29 is 13.9 Å². The highest BCUT2D eigenvalue weighted by Gasteiger charge is 2.33. The molecule has 1 saturated heterocycles. The molecule has 1 atom stereocenters. The standard InChI is InChI=1S/C23H21ClFN3O2/c1-30-19-7-6-16(22(25)21(19)15-3-2-4-17(24)12-15)11-14-5-8-20(27-13-14)28-10-9-18(28)23(26)29/h2-8,12-13,18H,9-11H2,1H3,(H2,26,29).